The molecule has 4 rings (SSSR count). The molecule has 1 heterocycles. The van der Waals surface area contributed by atoms with Crippen LogP contribution in [0.2, 0.25) is 0 Å². The first-order valence-corrected chi connectivity index (χ1v) is 8.17. The minimum atomic E-state index is -0.0371. The van der Waals surface area contributed by atoms with Crippen LogP contribution in [0.5, 0.6) is 0 Å². The van der Waals surface area contributed by atoms with Gasteiger partial charge < -0.3 is 5.32 Å². The van der Waals surface area contributed by atoms with E-state index in [9.17, 15) is 4.79 Å². The van der Waals surface area contributed by atoms with Crippen LogP contribution in [0.15, 0.2) is 60.7 Å². The number of fused-ring (bicyclic) bond motifs is 1. The number of carbonyl (C=O) groups is 1. The van der Waals surface area contributed by atoms with Gasteiger partial charge in [-0.15, -0.1) is 12.4 Å². The molecular formula is C20H22ClNO. The first-order valence-electron chi connectivity index (χ1n) is 8.17. The summed E-state index contributed by atoms with van der Waals surface area (Å²) in [4.78, 5) is 12.4. The van der Waals surface area contributed by atoms with Crippen molar-refractivity contribution in [3.63, 3.8) is 0 Å². The molecule has 2 aliphatic rings. The maximum Gasteiger partial charge on any atom is 0.137 e. The molecule has 2 atom stereocenters. The lowest BCUT2D eigenvalue weighted by Crippen LogP contribution is -2.47. The molecule has 1 aliphatic carbocycles. The molecular weight excluding hydrogens is 306 g/mol. The van der Waals surface area contributed by atoms with E-state index >= 15 is 0 Å². The highest BCUT2D eigenvalue weighted by Crippen LogP contribution is 2.50. The average molecular weight is 328 g/mol. The van der Waals surface area contributed by atoms with Crippen LogP contribution >= 0.6 is 12.4 Å². The number of Topliss-reactive ketones (excluding diaryl/α,β-unsaturated/α-hetero) is 1. The van der Waals surface area contributed by atoms with Crippen LogP contribution in [0, 0.1) is 11.8 Å². The lowest BCUT2D eigenvalue weighted by Gasteiger charge is -2.45. The van der Waals surface area contributed by atoms with E-state index in [4.69, 9.17) is 0 Å². The molecule has 0 amide bonds. The van der Waals surface area contributed by atoms with Gasteiger partial charge in [-0.3, -0.25) is 4.79 Å². The van der Waals surface area contributed by atoms with Crippen molar-refractivity contribution in [1.29, 1.82) is 0 Å². The number of ketones is 1. The molecule has 2 aromatic carbocycles. The number of benzene rings is 2. The zero-order valence-corrected chi connectivity index (χ0v) is 13.9. The highest BCUT2D eigenvalue weighted by Gasteiger charge is 2.52. The zero-order valence-electron chi connectivity index (χ0n) is 13.1. The van der Waals surface area contributed by atoms with Crippen LogP contribution in [-0.4, -0.2) is 18.9 Å². The fourth-order valence-electron chi connectivity index (χ4n) is 4.58. The molecule has 2 aromatic rings. The molecule has 0 spiro atoms. The summed E-state index contributed by atoms with van der Waals surface area (Å²) in [5.74, 6) is 0.963. The van der Waals surface area contributed by atoms with Gasteiger partial charge in [-0.05, 0) is 30.0 Å². The quantitative estimate of drug-likeness (QED) is 0.913. The Morgan fingerprint density at radius 3 is 2.00 bits per heavy atom. The summed E-state index contributed by atoms with van der Waals surface area (Å²) in [6.07, 6.45) is 1.61. The monoisotopic (exact) mass is 327 g/mol. The van der Waals surface area contributed by atoms with Gasteiger partial charge in [0.25, 0.3) is 0 Å². The number of carbonyl (C=O) groups excluding carboxylic acids is 1. The Morgan fingerprint density at radius 2 is 1.43 bits per heavy atom. The second kappa shape index (κ2) is 6.46. The molecule has 1 aliphatic heterocycles. The summed E-state index contributed by atoms with van der Waals surface area (Å²) in [6, 6.07) is 21.6. The van der Waals surface area contributed by atoms with Gasteiger partial charge in [-0.25, -0.2) is 0 Å². The number of hydrogen-bond acceptors (Lipinski definition) is 2. The topological polar surface area (TPSA) is 29.1 Å². The highest BCUT2D eigenvalue weighted by molar-refractivity contribution is 5.85. The van der Waals surface area contributed by atoms with Crippen LogP contribution in [0.3, 0.4) is 0 Å². The van der Waals surface area contributed by atoms with Gasteiger partial charge in [-0.2, -0.15) is 0 Å². The fraction of sp³-hybridized carbons (Fsp3) is 0.350. The lowest BCUT2D eigenvalue weighted by atomic mass is 9.56. The molecule has 0 aromatic heterocycles. The molecule has 1 N–H and O–H groups in total. The summed E-state index contributed by atoms with van der Waals surface area (Å²) < 4.78 is 0. The van der Waals surface area contributed by atoms with Crippen LogP contribution in [0.25, 0.3) is 0 Å². The van der Waals surface area contributed by atoms with Crippen molar-refractivity contribution in [2.75, 3.05) is 13.1 Å². The van der Waals surface area contributed by atoms with Gasteiger partial charge in [0.2, 0.25) is 0 Å². The van der Waals surface area contributed by atoms with Crippen molar-refractivity contribution >= 4 is 18.2 Å². The molecule has 0 bridgehead atoms. The van der Waals surface area contributed by atoms with E-state index < -0.39 is 0 Å². The van der Waals surface area contributed by atoms with Crippen molar-refractivity contribution in [3.05, 3.63) is 71.8 Å². The predicted octanol–water partition coefficient (Wildman–Crippen LogP) is 3.59. The van der Waals surface area contributed by atoms with Crippen molar-refractivity contribution < 1.29 is 4.79 Å². The maximum absolute atomic E-state index is 12.4. The minimum Gasteiger partial charge on any atom is -0.316 e. The third-order valence-corrected chi connectivity index (χ3v) is 5.60. The van der Waals surface area contributed by atoms with Gasteiger partial charge in [-0.1, -0.05) is 60.7 Å². The fourth-order valence-corrected chi connectivity index (χ4v) is 4.58. The summed E-state index contributed by atoms with van der Waals surface area (Å²) >= 11 is 0. The van der Waals surface area contributed by atoms with Crippen LogP contribution in [0.1, 0.15) is 24.0 Å². The van der Waals surface area contributed by atoms with E-state index in [0.717, 1.165) is 19.5 Å². The second-order valence-electron chi connectivity index (χ2n) is 6.54. The Kier molecular flexibility index (Phi) is 4.56. The molecule has 120 valence electrons. The van der Waals surface area contributed by atoms with Crippen molar-refractivity contribution in [2.24, 2.45) is 11.8 Å². The number of halogens is 1. The molecule has 1 saturated carbocycles. The Balaban J connectivity index is 0.00000156. The molecule has 23 heavy (non-hydrogen) atoms. The van der Waals surface area contributed by atoms with Crippen molar-refractivity contribution in [1.82, 2.24) is 5.32 Å². The smallest absolute Gasteiger partial charge is 0.137 e. The standard InChI is InChI=1S/C20H21NO.ClH/c22-19-11-12-20(15-7-3-1-4-8-15,16-9-5-2-6-10-16)18-14-21-13-17(18)19;/h1-10,17-18,21H,11-14H2;1H/t17?,18-;/m1./s1. The normalized spacial score (nSPS) is 25.5. The molecule has 0 radical (unpaired) electrons. The predicted molar refractivity (Wildman–Crippen MR) is 95.0 cm³/mol. The molecule has 1 saturated heterocycles. The van der Waals surface area contributed by atoms with Gasteiger partial charge in [0.05, 0.1) is 0 Å². The summed E-state index contributed by atoms with van der Waals surface area (Å²) in [6.45, 7) is 1.77. The lowest BCUT2D eigenvalue weighted by molar-refractivity contribution is -0.126. The average Bonchev–Trinajstić information content (AvgIpc) is 3.08. The van der Waals surface area contributed by atoms with E-state index in [2.05, 4.69) is 66.0 Å². The van der Waals surface area contributed by atoms with Crippen LogP contribution in [-0.2, 0) is 10.2 Å². The van der Waals surface area contributed by atoms with Gasteiger partial charge in [0.15, 0.2) is 0 Å². The number of nitrogens with one attached hydrogen (secondary N) is 1. The largest absolute Gasteiger partial charge is 0.316 e. The van der Waals surface area contributed by atoms with Crippen LogP contribution < -0.4 is 5.32 Å². The van der Waals surface area contributed by atoms with E-state index in [1.54, 1.807) is 0 Å². The Labute approximate surface area is 143 Å². The summed E-state index contributed by atoms with van der Waals surface area (Å²) in [5, 5.41) is 3.47. The van der Waals surface area contributed by atoms with E-state index in [1.165, 1.54) is 11.1 Å². The SMILES string of the molecule is Cl.O=C1CCC(c2ccccc2)(c2ccccc2)[C@@H]2CNCC12. The first-order chi connectivity index (χ1) is 10.8. The van der Waals surface area contributed by atoms with Gasteiger partial charge >= 0.3 is 0 Å². The summed E-state index contributed by atoms with van der Waals surface area (Å²) in [7, 11) is 0. The Hall–Kier alpha value is -1.64. The number of hydrogen-bond donors (Lipinski definition) is 1. The maximum atomic E-state index is 12.4. The second-order valence-corrected chi connectivity index (χ2v) is 6.54. The van der Waals surface area contributed by atoms with Crippen molar-refractivity contribution in [2.45, 2.75) is 18.3 Å². The van der Waals surface area contributed by atoms with Crippen LogP contribution in [0.4, 0.5) is 0 Å². The highest BCUT2D eigenvalue weighted by atomic mass is 35.5. The number of rotatable bonds is 2. The third-order valence-electron chi connectivity index (χ3n) is 5.60. The van der Waals surface area contributed by atoms with Crippen molar-refractivity contribution in [3.8, 4) is 0 Å². The van der Waals surface area contributed by atoms with Gasteiger partial charge in [0, 0.05) is 24.3 Å². The first kappa shape index (κ1) is 16.2. The van der Waals surface area contributed by atoms with E-state index in [-0.39, 0.29) is 23.7 Å². The molecule has 2 nitrogen and oxygen atoms in total. The molecule has 1 unspecified atom stereocenters. The van der Waals surface area contributed by atoms with E-state index in [0.29, 0.717) is 18.1 Å². The Morgan fingerprint density at radius 1 is 0.870 bits per heavy atom. The summed E-state index contributed by atoms with van der Waals surface area (Å²) in [5.41, 5.74) is 2.67. The van der Waals surface area contributed by atoms with E-state index in [1.807, 2.05) is 0 Å². The third kappa shape index (κ3) is 2.50. The zero-order chi connectivity index (χ0) is 15.0. The Bertz CT molecular complexity index is 631. The molecule has 2 fully saturated rings. The minimum absolute atomic E-state index is 0. The molecule has 3 heteroatoms. The van der Waals surface area contributed by atoms with Gasteiger partial charge in [0.1, 0.15) is 5.78 Å².